The molecule has 2 aliphatic rings. The molecule has 0 amide bonds. The summed E-state index contributed by atoms with van der Waals surface area (Å²) in [6.07, 6.45) is 3.29. The largest absolute Gasteiger partial charge is 0.356 e. The van der Waals surface area contributed by atoms with Gasteiger partial charge in [0.1, 0.15) is 5.69 Å². The molecule has 0 radical (unpaired) electrons. The van der Waals surface area contributed by atoms with Crippen LogP contribution in [0.15, 0.2) is 46.0 Å². The van der Waals surface area contributed by atoms with Crippen molar-refractivity contribution in [1.82, 2.24) is 10.1 Å². The van der Waals surface area contributed by atoms with Crippen LogP contribution in [0.1, 0.15) is 25.0 Å². The number of fused-ring (bicyclic) bond motifs is 2. The smallest absolute Gasteiger partial charge is 0.167 e. The number of hydrogen-bond acceptors (Lipinski definition) is 3. The third kappa shape index (κ3) is 2.12. The molecule has 0 N–H and O–H groups in total. The fourth-order valence-corrected chi connectivity index (χ4v) is 3.95. The Morgan fingerprint density at radius 2 is 2.05 bits per heavy atom. The van der Waals surface area contributed by atoms with Crippen LogP contribution in [0, 0.1) is 0 Å². The maximum atomic E-state index is 6.54. The SMILES string of the molecule is CN1C2CCC1C(c1cc(-c3ccccc3)on1)=C(Cl)C2. The van der Waals surface area contributed by atoms with Gasteiger partial charge in [0.05, 0.1) is 0 Å². The molecule has 2 unspecified atom stereocenters. The van der Waals surface area contributed by atoms with Crippen molar-refractivity contribution in [1.29, 1.82) is 0 Å². The lowest BCUT2D eigenvalue weighted by atomic mass is 9.98. The Morgan fingerprint density at radius 3 is 2.86 bits per heavy atom. The lowest BCUT2D eigenvalue weighted by Gasteiger charge is -2.32. The van der Waals surface area contributed by atoms with Crippen molar-refractivity contribution in [2.45, 2.75) is 31.3 Å². The summed E-state index contributed by atoms with van der Waals surface area (Å²) in [7, 11) is 2.18. The van der Waals surface area contributed by atoms with E-state index in [0.29, 0.717) is 12.1 Å². The summed E-state index contributed by atoms with van der Waals surface area (Å²) >= 11 is 6.54. The van der Waals surface area contributed by atoms with Crippen molar-refractivity contribution in [3.8, 4) is 11.3 Å². The van der Waals surface area contributed by atoms with Crippen molar-refractivity contribution in [3.05, 3.63) is 47.1 Å². The van der Waals surface area contributed by atoms with Gasteiger partial charge < -0.3 is 4.52 Å². The molecule has 0 aliphatic carbocycles. The first-order valence-electron chi connectivity index (χ1n) is 7.37. The summed E-state index contributed by atoms with van der Waals surface area (Å²) in [5.74, 6) is 0.797. The Kier molecular flexibility index (Phi) is 3.12. The number of hydrogen-bond donors (Lipinski definition) is 0. The molecule has 1 saturated heterocycles. The summed E-state index contributed by atoms with van der Waals surface area (Å²) in [5, 5.41) is 5.23. The Bertz CT molecular complexity index is 692. The van der Waals surface area contributed by atoms with Gasteiger partial charge in [0.25, 0.3) is 0 Å². The number of benzene rings is 1. The predicted molar refractivity (Wildman–Crippen MR) is 83.9 cm³/mol. The molecule has 1 fully saturated rings. The number of likely N-dealkylation sites (N-methyl/N-ethyl adjacent to an activating group) is 1. The molecule has 2 atom stereocenters. The highest BCUT2D eigenvalue weighted by Gasteiger charge is 2.40. The second-order valence-electron chi connectivity index (χ2n) is 5.88. The molecule has 3 heterocycles. The first-order valence-corrected chi connectivity index (χ1v) is 7.75. The van der Waals surface area contributed by atoms with E-state index in [1.165, 1.54) is 6.42 Å². The topological polar surface area (TPSA) is 29.3 Å². The third-order valence-electron chi connectivity index (χ3n) is 4.73. The summed E-state index contributed by atoms with van der Waals surface area (Å²) in [5.41, 5.74) is 3.08. The molecule has 2 bridgehead atoms. The number of rotatable bonds is 2. The van der Waals surface area contributed by atoms with Crippen molar-refractivity contribution < 1.29 is 4.52 Å². The zero-order chi connectivity index (χ0) is 14.4. The molecule has 108 valence electrons. The average Bonchev–Trinajstić information content (AvgIpc) is 3.06. The fraction of sp³-hybridized carbons (Fsp3) is 0.353. The summed E-state index contributed by atoms with van der Waals surface area (Å²) < 4.78 is 5.53. The van der Waals surface area contributed by atoms with Crippen LogP contribution in [0.4, 0.5) is 0 Å². The zero-order valence-corrected chi connectivity index (χ0v) is 12.7. The van der Waals surface area contributed by atoms with Crippen molar-refractivity contribution in [2.75, 3.05) is 7.05 Å². The molecular weight excluding hydrogens is 284 g/mol. The van der Waals surface area contributed by atoms with Gasteiger partial charge in [-0.2, -0.15) is 0 Å². The molecule has 2 aliphatic heterocycles. The van der Waals surface area contributed by atoms with E-state index < -0.39 is 0 Å². The van der Waals surface area contributed by atoms with Gasteiger partial charge in [0.2, 0.25) is 0 Å². The highest BCUT2D eigenvalue weighted by molar-refractivity contribution is 6.33. The van der Waals surface area contributed by atoms with Crippen molar-refractivity contribution >= 4 is 17.2 Å². The van der Waals surface area contributed by atoms with Gasteiger partial charge in [-0.3, -0.25) is 4.90 Å². The van der Waals surface area contributed by atoms with E-state index in [-0.39, 0.29) is 0 Å². The molecule has 4 heteroatoms. The van der Waals surface area contributed by atoms with E-state index in [2.05, 4.69) is 17.1 Å². The van der Waals surface area contributed by atoms with Gasteiger partial charge in [-0.1, -0.05) is 47.1 Å². The molecule has 3 nitrogen and oxygen atoms in total. The number of halogens is 1. The average molecular weight is 301 g/mol. The Morgan fingerprint density at radius 1 is 1.24 bits per heavy atom. The molecular formula is C17H17ClN2O. The van der Waals surface area contributed by atoms with E-state index in [0.717, 1.165) is 40.5 Å². The van der Waals surface area contributed by atoms with Crippen LogP contribution in [-0.4, -0.2) is 29.2 Å². The molecule has 0 spiro atoms. The van der Waals surface area contributed by atoms with Crippen molar-refractivity contribution in [2.24, 2.45) is 0 Å². The van der Waals surface area contributed by atoms with E-state index >= 15 is 0 Å². The van der Waals surface area contributed by atoms with Gasteiger partial charge in [-0.05, 0) is 26.3 Å². The lowest BCUT2D eigenvalue weighted by molar-refractivity contribution is 0.265. The third-order valence-corrected chi connectivity index (χ3v) is 5.08. The van der Waals surface area contributed by atoms with Crippen LogP contribution in [0.25, 0.3) is 16.9 Å². The lowest BCUT2D eigenvalue weighted by Crippen LogP contribution is -2.36. The Hall–Kier alpha value is -1.58. The van der Waals surface area contributed by atoms with E-state index in [1.807, 2.05) is 36.4 Å². The Labute approximate surface area is 129 Å². The monoisotopic (exact) mass is 300 g/mol. The minimum atomic E-state index is 0.380. The minimum absolute atomic E-state index is 0.380. The van der Waals surface area contributed by atoms with Gasteiger partial charge in [-0.25, -0.2) is 0 Å². The molecule has 1 aromatic carbocycles. The van der Waals surface area contributed by atoms with Gasteiger partial charge in [0, 0.05) is 34.3 Å². The quantitative estimate of drug-likeness (QED) is 0.834. The van der Waals surface area contributed by atoms with Crippen LogP contribution < -0.4 is 0 Å². The highest BCUT2D eigenvalue weighted by Crippen LogP contribution is 2.44. The van der Waals surface area contributed by atoms with E-state index in [4.69, 9.17) is 16.1 Å². The van der Waals surface area contributed by atoms with Gasteiger partial charge >= 0.3 is 0 Å². The van der Waals surface area contributed by atoms with Gasteiger partial charge in [0.15, 0.2) is 5.76 Å². The number of aromatic nitrogens is 1. The van der Waals surface area contributed by atoms with Crippen molar-refractivity contribution in [3.63, 3.8) is 0 Å². The maximum Gasteiger partial charge on any atom is 0.167 e. The van der Waals surface area contributed by atoms with Crippen LogP contribution in [0.5, 0.6) is 0 Å². The summed E-state index contributed by atoms with van der Waals surface area (Å²) in [6, 6.07) is 13.0. The molecule has 1 aromatic heterocycles. The second kappa shape index (κ2) is 5.00. The van der Waals surface area contributed by atoms with Crippen LogP contribution in [0.3, 0.4) is 0 Å². The minimum Gasteiger partial charge on any atom is -0.356 e. The fourth-order valence-electron chi connectivity index (χ4n) is 3.55. The van der Waals surface area contributed by atoms with E-state index in [9.17, 15) is 0 Å². The first-order chi connectivity index (χ1) is 10.2. The van der Waals surface area contributed by atoms with Crippen LogP contribution in [-0.2, 0) is 0 Å². The van der Waals surface area contributed by atoms with Crippen LogP contribution in [0.2, 0.25) is 0 Å². The second-order valence-corrected chi connectivity index (χ2v) is 6.33. The highest BCUT2D eigenvalue weighted by atomic mass is 35.5. The molecule has 4 rings (SSSR count). The predicted octanol–water partition coefficient (Wildman–Crippen LogP) is 4.16. The van der Waals surface area contributed by atoms with E-state index in [1.54, 1.807) is 0 Å². The zero-order valence-electron chi connectivity index (χ0n) is 11.9. The number of nitrogens with zero attached hydrogens (tertiary/aromatic N) is 2. The van der Waals surface area contributed by atoms with Gasteiger partial charge in [-0.15, -0.1) is 0 Å². The standard InChI is InChI=1S/C17H17ClN2O/c1-20-12-7-8-15(20)17(13(18)9-12)14-10-16(21-19-14)11-5-3-2-4-6-11/h2-6,10,12,15H,7-9H2,1H3. The first kappa shape index (κ1) is 13.1. The Balaban J connectivity index is 1.73. The maximum absolute atomic E-state index is 6.54. The summed E-state index contributed by atoms with van der Waals surface area (Å²) in [4.78, 5) is 2.43. The van der Waals surface area contributed by atoms with Crippen LogP contribution >= 0.6 is 11.6 Å². The molecule has 0 saturated carbocycles. The molecule has 21 heavy (non-hydrogen) atoms. The molecule has 2 aromatic rings. The summed E-state index contributed by atoms with van der Waals surface area (Å²) in [6.45, 7) is 0. The normalized spacial score (nSPS) is 25.6.